The van der Waals surface area contributed by atoms with E-state index in [0.29, 0.717) is 16.4 Å². The summed E-state index contributed by atoms with van der Waals surface area (Å²) in [5.74, 6) is 0.436. The minimum Gasteiger partial charge on any atom is -0.306 e. The Hall–Kier alpha value is -2.46. The van der Waals surface area contributed by atoms with Gasteiger partial charge in [0.1, 0.15) is 5.82 Å². The van der Waals surface area contributed by atoms with Crippen molar-refractivity contribution in [2.24, 2.45) is 0 Å². The Kier molecular flexibility index (Phi) is 3.69. The van der Waals surface area contributed by atoms with Crippen LogP contribution < -0.4 is 5.32 Å². The first kappa shape index (κ1) is 15.1. The molecule has 0 atom stereocenters. The second-order valence-electron chi connectivity index (χ2n) is 6.05. The first-order chi connectivity index (χ1) is 11.6. The summed E-state index contributed by atoms with van der Waals surface area (Å²) in [6.07, 6.45) is 4.48. The van der Waals surface area contributed by atoms with Crippen LogP contribution in [-0.4, -0.2) is 15.9 Å². The van der Waals surface area contributed by atoms with Crippen LogP contribution in [0.4, 0.5) is 5.82 Å². The fraction of sp³-hybridized carbons (Fsp3) is 0.211. The molecule has 4 rings (SSSR count). The molecule has 0 fully saturated rings. The van der Waals surface area contributed by atoms with E-state index in [1.54, 1.807) is 6.20 Å². The summed E-state index contributed by atoms with van der Waals surface area (Å²) in [5, 5.41) is 4.35. The summed E-state index contributed by atoms with van der Waals surface area (Å²) < 4.78 is 0. The number of fused-ring (bicyclic) bond motifs is 2. The quantitative estimate of drug-likeness (QED) is 0.757. The van der Waals surface area contributed by atoms with Crippen LogP contribution in [0.15, 0.2) is 36.5 Å². The lowest BCUT2D eigenvalue weighted by Gasteiger charge is -2.13. The highest BCUT2D eigenvalue weighted by Gasteiger charge is 2.24. The Labute approximate surface area is 144 Å². The maximum absolute atomic E-state index is 13.0. The zero-order valence-corrected chi connectivity index (χ0v) is 14.0. The Morgan fingerprint density at radius 3 is 2.96 bits per heavy atom. The molecule has 0 saturated carbocycles. The Morgan fingerprint density at radius 1 is 1.25 bits per heavy atom. The average Bonchev–Trinajstić information content (AvgIpc) is 3.02. The van der Waals surface area contributed by atoms with E-state index < -0.39 is 0 Å². The molecule has 0 radical (unpaired) electrons. The van der Waals surface area contributed by atoms with Crippen LogP contribution in [0.25, 0.3) is 10.9 Å². The van der Waals surface area contributed by atoms with Gasteiger partial charge in [0.15, 0.2) is 0 Å². The van der Waals surface area contributed by atoms with E-state index in [1.165, 1.54) is 0 Å². The maximum Gasteiger partial charge on any atom is 0.257 e. The molecule has 1 N–H and O–H groups in total. The molecule has 24 heavy (non-hydrogen) atoms. The van der Waals surface area contributed by atoms with Crippen molar-refractivity contribution in [3.63, 3.8) is 0 Å². The minimum atomic E-state index is -0.149. The van der Waals surface area contributed by atoms with Gasteiger partial charge in [0.25, 0.3) is 5.91 Å². The largest absolute Gasteiger partial charge is 0.306 e. The van der Waals surface area contributed by atoms with Crippen LogP contribution in [0, 0.1) is 6.92 Å². The van der Waals surface area contributed by atoms with Crippen LogP contribution in [0.1, 0.15) is 33.6 Å². The number of hydrogen-bond donors (Lipinski definition) is 1. The van der Waals surface area contributed by atoms with Crippen molar-refractivity contribution in [1.29, 1.82) is 0 Å². The average molecular weight is 338 g/mol. The Bertz CT molecular complexity index is 968. The summed E-state index contributed by atoms with van der Waals surface area (Å²) >= 11 is 6.16. The summed E-state index contributed by atoms with van der Waals surface area (Å²) in [7, 11) is 0. The van der Waals surface area contributed by atoms with Crippen molar-refractivity contribution in [2.75, 3.05) is 5.32 Å². The molecule has 0 saturated heterocycles. The third-order valence-corrected chi connectivity index (χ3v) is 4.68. The first-order valence-electron chi connectivity index (χ1n) is 7.97. The Morgan fingerprint density at radius 2 is 2.12 bits per heavy atom. The number of aromatic nitrogens is 2. The number of halogens is 1. The molecule has 5 heteroatoms. The van der Waals surface area contributed by atoms with Gasteiger partial charge in [0.2, 0.25) is 0 Å². The van der Waals surface area contributed by atoms with Crippen molar-refractivity contribution >= 4 is 34.2 Å². The van der Waals surface area contributed by atoms with Gasteiger partial charge in [-0.15, -0.1) is 0 Å². The molecule has 1 amide bonds. The molecule has 120 valence electrons. The molecule has 4 nitrogen and oxygen atoms in total. The van der Waals surface area contributed by atoms with Crippen molar-refractivity contribution in [1.82, 2.24) is 9.97 Å². The second-order valence-corrected chi connectivity index (χ2v) is 6.49. The zero-order chi connectivity index (χ0) is 16.7. The fourth-order valence-corrected chi connectivity index (χ4v) is 3.45. The van der Waals surface area contributed by atoms with Gasteiger partial charge >= 0.3 is 0 Å². The highest BCUT2D eigenvalue weighted by molar-refractivity contribution is 6.31. The molecule has 1 aliphatic carbocycles. The number of pyridine rings is 2. The van der Waals surface area contributed by atoms with Gasteiger partial charge < -0.3 is 5.32 Å². The maximum atomic E-state index is 13.0. The molecule has 2 heterocycles. The normalized spacial score (nSPS) is 13.1. The number of rotatable bonds is 2. The van der Waals surface area contributed by atoms with Gasteiger partial charge in [-0.05, 0) is 61.6 Å². The summed E-state index contributed by atoms with van der Waals surface area (Å²) in [5.41, 5.74) is 4.48. The van der Waals surface area contributed by atoms with Crippen molar-refractivity contribution < 1.29 is 4.79 Å². The Balaban J connectivity index is 1.87. The molecule has 1 aromatic carbocycles. The lowest BCUT2D eigenvalue weighted by atomic mass is 10.0. The number of aryl methyl sites for hydroxylation is 2. The van der Waals surface area contributed by atoms with Crippen LogP contribution in [-0.2, 0) is 12.8 Å². The lowest BCUT2D eigenvalue weighted by molar-refractivity contribution is 0.102. The molecular weight excluding hydrogens is 322 g/mol. The number of anilines is 1. The molecule has 1 aliphatic rings. The number of hydrogen-bond acceptors (Lipinski definition) is 3. The summed E-state index contributed by atoms with van der Waals surface area (Å²) in [6.45, 7) is 1.93. The smallest absolute Gasteiger partial charge is 0.257 e. The summed E-state index contributed by atoms with van der Waals surface area (Å²) in [6, 6.07) is 9.28. The van der Waals surface area contributed by atoms with E-state index in [2.05, 4.69) is 10.3 Å². The first-order valence-corrected chi connectivity index (χ1v) is 8.35. The molecule has 0 bridgehead atoms. The molecule has 3 aromatic rings. The van der Waals surface area contributed by atoms with E-state index in [-0.39, 0.29) is 5.91 Å². The van der Waals surface area contributed by atoms with Gasteiger partial charge in [-0.1, -0.05) is 17.7 Å². The van der Waals surface area contributed by atoms with Gasteiger partial charge in [0.05, 0.1) is 11.1 Å². The minimum absolute atomic E-state index is 0.149. The third kappa shape index (κ3) is 2.53. The van der Waals surface area contributed by atoms with Gasteiger partial charge in [0, 0.05) is 22.3 Å². The van der Waals surface area contributed by atoms with Crippen LogP contribution >= 0.6 is 11.6 Å². The molecule has 0 unspecified atom stereocenters. The number of benzene rings is 1. The number of carbonyl (C=O) groups is 1. The SMILES string of the molecule is Cc1cccnc1NC(=O)c1c2c(nc3ccc(Cl)cc13)CCC2. The van der Waals surface area contributed by atoms with E-state index in [9.17, 15) is 4.79 Å². The summed E-state index contributed by atoms with van der Waals surface area (Å²) in [4.78, 5) is 22.0. The van der Waals surface area contributed by atoms with E-state index in [4.69, 9.17) is 16.6 Å². The van der Waals surface area contributed by atoms with E-state index in [0.717, 1.165) is 47.0 Å². The number of amides is 1. The van der Waals surface area contributed by atoms with Crippen LogP contribution in [0.3, 0.4) is 0 Å². The van der Waals surface area contributed by atoms with Crippen molar-refractivity contribution in [3.05, 3.63) is 63.9 Å². The molecule has 0 spiro atoms. The van der Waals surface area contributed by atoms with E-state index >= 15 is 0 Å². The third-order valence-electron chi connectivity index (χ3n) is 4.44. The standard InChI is InChI=1S/C19H16ClN3O/c1-11-4-3-9-21-18(11)23-19(24)17-13-5-2-6-15(13)22-16-8-7-12(20)10-14(16)17/h3-4,7-10H,2,5-6H2,1H3,(H,21,23,24). The van der Waals surface area contributed by atoms with Crippen LogP contribution in [0.5, 0.6) is 0 Å². The molecular formula is C19H16ClN3O. The van der Waals surface area contributed by atoms with E-state index in [1.807, 2.05) is 37.3 Å². The molecule has 0 aliphatic heterocycles. The van der Waals surface area contributed by atoms with Crippen molar-refractivity contribution in [3.8, 4) is 0 Å². The monoisotopic (exact) mass is 337 g/mol. The fourth-order valence-electron chi connectivity index (χ4n) is 3.28. The topological polar surface area (TPSA) is 54.9 Å². The van der Waals surface area contributed by atoms with Gasteiger partial charge in [-0.25, -0.2) is 4.98 Å². The van der Waals surface area contributed by atoms with Gasteiger partial charge in [-0.3, -0.25) is 9.78 Å². The lowest BCUT2D eigenvalue weighted by Crippen LogP contribution is -2.17. The van der Waals surface area contributed by atoms with Crippen LogP contribution in [0.2, 0.25) is 5.02 Å². The van der Waals surface area contributed by atoms with Gasteiger partial charge in [-0.2, -0.15) is 0 Å². The predicted octanol–water partition coefficient (Wildman–Crippen LogP) is 4.33. The number of carbonyl (C=O) groups excluding carboxylic acids is 1. The highest BCUT2D eigenvalue weighted by Crippen LogP contribution is 2.32. The number of nitrogens with one attached hydrogen (secondary N) is 1. The van der Waals surface area contributed by atoms with Crippen molar-refractivity contribution in [2.45, 2.75) is 26.2 Å². The number of nitrogens with zero attached hydrogens (tertiary/aromatic N) is 2. The molecule has 2 aromatic heterocycles. The highest BCUT2D eigenvalue weighted by atomic mass is 35.5. The zero-order valence-electron chi connectivity index (χ0n) is 13.3. The predicted molar refractivity (Wildman–Crippen MR) is 95.7 cm³/mol. The second kappa shape index (κ2) is 5.87.